The van der Waals surface area contributed by atoms with Crippen molar-refractivity contribution in [2.45, 2.75) is 33.6 Å². The topological polar surface area (TPSA) is 49.5 Å². The molecule has 1 heterocycles. The number of rotatable bonds is 2. The minimum Gasteiger partial charge on any atom is -0.400 e. The highest BCUT2D eigenvalue weighted by molar-refractivity contribution is 5.02. The van der Waals surface area contributed by atoms with E-state index in [-0.39, 0.29) is 0 Å². The molecule has 0 radical (unpaired) electrons. The molecule has 2 rings (SSSR count). The summed E-state index contributed by atoms with van der Waals surface area (Å²) in [6.45, 7) is 10.9. The maximum Gasteiger partial charge on any atom is 0.0319 e. The van der Waals surface area contributed by atoms with Gasteiger partial charge in [-0.05, 0) is 24.2 Å². The van der Waals surface area contributed by atoms with Gasteiger partial charge in [-0.2, -0.15) is 0 Å². The van der Waals surface area contributed by atoms with Gasteiger partial charge in [0.25, 0.3) is 0 Å². The molecule has 3 heteroatoms. The van der Waals surface area contributed by atoms with Crippen molar-refractivity contribution in [3.63, 3.8) is 0 Å². The van der Waals surface area contributed by atoms with Crippen molar-refractivity contribution in [1.82, 2.24) is 4.90 Å². The van der Waals surface area contributed by atoms with Crippen LogP contribution in [0.4, 0.5) is 0 Å². The molecule has 1 aliphatic carbocycles. The summed E-state index contributed by atoms with van der Waals surface area (Å²) in [5.74, 6) is 0.995. The largest absolute Gasteiger partial charge is 0.400 e. The molecule has 0 aromatic heterocycles. The van der Waals surface area contributed by atoms with E-state index >= 15 is 0 Å². The fourth-order valence-corrected chi connectivity index (χ4v) is 2.92. The van der Waals surface area contributed by atoms with Gasteiger partial charge in [-0.3, -0.25) is 0 Å². The van der Waals surface area contributed by atoms with Crippen molar-refractivity contribution in [2.75, 3.05) is 33.3 Å². The van der Waals surface area contributed by atoms with Crippen LogP contribution in [-0.2, 0) is 0 Å². The van der Waals surface area contributed by atoms with E-state index < -0.39 is 0 Å². The predicted molar refractivity (Wildman–Crippen MR) is 65.8 cm³/mol. The summed E-state index contributed by atoms with van der Waals surface area (Å²) in [5, 5.41) is 7.00. The number of hydrogen-bond donors (Lipinski definition) is 2. The molecule has 2 fully saturated rings. The average Bonchev–Trinajstić information content (AvgIpc) is 2.19. The highest BCUT2D eigenvalue weighted by atomic mass is 16.2. The second kappa shape index (κ2) is 7.20. The molecular weight excluding hydrogens is 188 g/mol. The van der Waals surface area contributed by atoms with E-state index in [4.69, 9.17) is 10.8 Å². The number of nitrogens with two attached hydrogens (primary N) is 1. The molecule has 1 saturated heterocycles. The minimum atomic E-state index is 0.759. The Bertz CT molecular complexity index is 148. The molecule has 0 amide bonds. The lowest BCUT2D eigenvalue weighted by Crippen LogP contribution is -2.62. The van der Waals surface area contributed by atoms with Crippen molar-refractivity contribution < 1.29 is 5.11 Å². The molecule has 15 heavy (non-hydrogen) atoms. The Labute approximate surface area is 94.6 Å². The van der Waals surface area contributed by atoms with E-state index in [1.54, 1.807) is 0 Å². The Morgan fingerprint density at radius 1 is 1.27 bits per heavy atom. The van der Waals surface area contributed by atoms with Crippen molar-refractivity contribution in [3.05, 3.63) is 0 Å². The van der Waals surface area contributed by atoms with E-state index in [0.717, 1.165) is 31.5 Å². The third-order valence-electron chi connectivity index (χ3n) is 3.13. The van der Waals surface area contributed by atoms with E-state index in [1.165, 1.54) is 25.9 Å². The first-order chi connectivity index (χ1) is 7.24. The zero-order valence-electron chi connectivity index (χ0n) is 10.8. The maximum absolute atomic E-state index is 7.00. The van der Waals surface area contributed by atoms with E-state index in [1.807, 2.05) is 13.8 Å². The van der Waals surface area contributed by atoms with Gasteiger partial charge in [-0.1, -0.05) is 20.8 Å². The van der Waals surface area contributed by atoms with Crippen LogP contribution in [0, 0.1) is 11.3 Å². The van der Waals surface area contributed by atoms with Gasteiger partial charge in [0.15, 0.2) is 0 Å². The van der Waals surface area contributed by atoms with Gasteiger partial charge in [0.2, 0.25) is 0 Å². The number of hydrogen-bond acceptors (Lipinski definition) is 3. The Hall–Kier alpha value is -0.120. The van der Waals surface area contributed by atoms with Crippen molar-refractivity contribution in [3.8, 4) is 0 Å². The fraction of sp³-hybridized carbons (Fsp3) is 1.00. The van der Waals surface area contributed by atoms with Crippen LogP contribution >= 0.6 is 0 Å². The van der Waals surface area contributed by atoms with Gasteiger partial charge < -0.3 is 15.7 Å². The van der Waals surface area contributed by atoms with Gasteiger partial charge in [0, 0.05) is 33.3 Å². The third-order valence-corrected chi connectivity index (χ3v) is 3.13. The summed E-state index contributed by atoms with van der Waals surface area (Å²) in [7, 11) is 1.00. The average molecular weight is 216 g/mol. The summed E-state index contributed by atoms with van der Waals surface area (Å²) in [4.78, 5) is 2.48. The maximum atomic E-state index is 7.00. The van der Waals surface area contributed by atoms with Crippen molar-refractivity contribution in [2.24, 2.45) is 17.1 Å². The lowest BCUT2D eigenvalue weighted by Gasteiger charge is -2.58. The molecule has 1 aliphatic heterocycles. The molecule has 0 atom stereocenters. The van der Waals surface area contributed by atoms with Crippen LogP contribution < -0.4 is 5.73 Å². The highest BCUT2D eigenvalue weighted by Gasteiger charge is 2.49. The van der Waals surface area contributed by atoms with E-state index in [0.29, 0.717) is 0 Å². The van der Waals surface area contributed by atoms with Crippen molar-refractivity contribution >= 4 is 0 Å². The van der Waals surface area contributed by atoms with Crippen LogP contribution in [-0.4, -0.2) is 43.3 Å². The quantitative estimate of drug-likeness (QED) is 0.732. The van der Waals surface area contributed by atoms with E-state index in [2.05, 4.69) is 11.8 Å². The minimum absolute atomic E-state index is 0.759. The SMILES string of the molecule is CC.CC1CC2(C1)CN(CCN)C2.CO. The molecule has 92 valence electrons. The van der Waals surface area contributed by atoms with Crippen LogP contribution in [0.15, 0.2) is 0 Å². The summed E-state index contributed by atoms with van der Waals surface area (Å²) < 4.78 is 0. The van der Waals surface area contributed by atoms with Crippen LogP contribution in [0.3, 0.4) is 0 Å². The predicted octanol–water partition coefficient (Wildman–Crippen LogP) is 1.31. The summed E-state index contributed by atoms with van der Waals surface area (Å²) in [6, 6.07) is 0. The molecule has 2 aliphatic rings. The first-order valence-electron chi connectivity index (χ1n) is 6.11. The smallest absolute Gasteiger partial charge is 0.0319 e. The Morgan fingerprint density at radius 3 is 2.07 bits per heavy atom. The second-order valence-electron chi connectivity index (χ2n) is 4.51. The fourth-order valence-electron chi connectivity index (χ4n) is 2.92. The van der Waals surface area contributed by atoms with Gasteiger partial charge in [0.05, 0.1) is 0 Å². The zero-order chi connectivity index (χ0) is 11.9. The Balaban J connectivity index is 0.000000442. The molecule has 0 bridgehead atoms. The van der Waals surface area contributed by atoms with Crippen LogP contribution in [0.2, 0.25) is 0 Å². The van der Waals surface area contributed by atoms with Gasteiger partial charge in [-0.25, -0.2) is 0 Å². The molecule has 1 spiro atoms. The lowest BCUT2D eigenvalue weighted by molar-refractivity contribution is -0.0872. The van der Waals surface area contributed by atoms with Gasteiger partial charge in [0.1, 0.15) is 0 Å². The highest BCUT2D eigenvalue weighted by Crippen LogP contribution is 2.51. The first kappa shape index (κ1) is 14.9. The normalized spacial score (nSPS) is 22.8. The molecule has 1 saturated carbocycles. The monoisotopic (exact) mass is 216 g/mol. The van der Waals surface area contributed by atoms with E-state index in [9.17, 15) is 0 Å². The Morgan fingerprint density at radius 2 is 1.73 bits per heavy atom. The molecule has 0 unspecified atom stereocenters. The zero-order valence-corrected chi connectivity index (χ0v) is 10.8. The Kier molecular flexibility index (Phi) is 7.14. The van der Waals surface area contributed by atoms with Gasteiger partial charge >= 0.3 is 0 Å². The van der Waals surface area contributed by atoms with Crippen LogP contribution in [0.25, 0.3) is 0 Å². The molecular formula is C12H28N2O. The molecule has 3 N–H and O–H groups in total. The standard InChI is InChI=1S/C9H18N2.C2H6.CH4O/c1-8-4-9(5-8)6-11(7-9)3-2-10;2*1-2/h8H,2-7,10H2,1H3;1-2H3;2H,1H3. The van der Waals surface area contributed by atoms with Crippen molar-refractivity contribution in [1.29, 1.82) is 0 Å². The summed E-state index contributed by atoms with van der Waals surface area (Å²) in [6.07, 6.45) is 2.93. The summed E-state index contributed by atoms with van der Waals surface area (Å²) >= 11 is 0. The molecule has 0 aromatic rings. The van der Waals surface area contributed by atoms with Crippen LogP contribution in [0.1, 0.15) is 33.6 Å². The molecule has 3 nitrogen and oxygen atoms in total. The number of likely N-dealkylation sites (tertiary alicyclic amines) is 1. The lowest BCUT2D eigenvalue weighted by atomic mass is 9.58. The number of nitrogens with zero attached hydrogens (tertiary/aromatic N) is 1. The number of aliphatic hydroxyl groups is 1. The second-order valence-corrected chi connectivity index (χ2v) is 4.51. The van der Waals surface area contributed by atoms with Gasteiger partial charge in [-0.15, -0.1) is 0 Å². The first-order valence-corrected chi connectivity index (χ1v) is 6.11. The summed E-state index contributed by atoms with van der Waals surface area (Å²) in [5.41, 5.74) is 6.23. The third kappa shape index (κ3) is 3.74. The number of aliphatic hydroxyl groups excluding tert-OH is 1. The van der Waals surface area contributed by atoms with Crippen LogP contribution in [0.5, 0.6) is 0 Å². The molecule has 0 aromatic carbocycles.